The summed E-state index contributed by atoms with van der Waals surface area (Å²) in [4.78, 5) is 8.57. The SMILES string of the molecule is NNc1nc(Sc2cc(F)ccc2F)c2ccccc2n1. The smallest absolute Gasteiger partial charge is 0.238 e. The predicted octanol–water partition coefficient (Wildman–Crippen LogP) is 3.34. The van der Waals surface area contributed by atoms with E-state index in [0.717, 1.165) is 35.3 Å². The monoisotopic (exact) mass is 304 g/mol. The summed E-state index contributed by atoms with van der Waals surface area (Å²) < 4.78 is 27.0. The molecule has 0 atom stereocenters. The molecule has 3 aromatic rings. The van der Waals surface area contributed by atoms with E-state index in [4.69, 9.17) is 5.84 Å². The number of anilines is 1. The van der Waals surface area contributed by atoms with E-state index in [1.165, 1.54) is 0 Å². The Hall–Kier alpha value is -2.25. The van der Waals surface area contributed by atoms with Gasteiger partial charge in [0.15, 0.2) is 0 Å². The molecule has 0 radical (unpaired) electrons. The molecule has 1 heterocycles. The van der Waals surface area contributed by atoms with Crippen LogP contribution in [0.4, 0.5) is 14.7 Å². The average molecular weight is 304 g/mol. The van der Waals surface area contributed by atoms with Gasteiger partial charge in [-0.3, -0.25) is 5.43 Å². The number of fused-ring (bicyclic) bond motifs is 1. The first kappa shape index (κ1) is 13.7. The van der Waals surface area contributed by atoms with Crippen molar-refractivity contribution in [1.82, 2.24) is 9.97 Å². The average Bonchev–Trinajstić information content (AvgIpc) is 2.50. The standard InChI is InChI=1S/C14H10F2N4S/c15-8-5-6-10(16)12(7-8)21-13-9-3-1-2-4-11(9)18-14(19-13)20-17/h1-7H,17H2,(H,18,19,20). The second-order valence-corrected chi connectivity index (χ2v) is 5.22. The van der Waals surface area contributed by atoms with Crippen LogP contribution >= 0.6 is 11.8 Å². The highest BCUT2D eigenvalue weighted by molar-refractivity contribution is 7.99. The summed E-state index contributed by atoms with van der Waals surface area (Å²) in [5, 5.41) is 1.24. The summed E-state index contributed by atoms with van der Waals surface area (Å²) in [5.74, 6) is 4.54. The lowest BCUT2D eigenvalue weighted by atomic mass is 10.2. The van der Waals surface area contributed by atoms with Crippen molar-refractivity contribution in [1.29, 1.82) is 0 Å². The topological polar surface area (TPSA) is 63.8 Å². The number of nitrogens with two attached hydrogens (primary N) is 1. The van der Waals surface area contributed by atoms with Crippen LogP contribution < -0.4 is 11.3 Å². The van der Waals surface area contributed by atoms with Crippen LogP contribution in [0.15, 0.2) is 52.4 Å². The zero-order valence-electron chi connectivity index (χ0n) is 10.7. The van der Waals surface area contributed by atoms with Crippen molar-refractivity contribution in [3.05, 3.63) is 54.1 Å². The van der Waals surface area contributed by atoms with Crippen molar-refractivity contribution in [2.45, 2.75) is 9.92 Å². The first-order chi connectivity index (χ1) is 10.2. The third kappa shape index (κ3) is 2.79. The van der Waals surface area contributed by atoms with E-state index < -0.39 is 11.6 Å². The maximum Gasteiger partial charge on any atom is 0.238 e. The highest BCUT2D eigenvalue weighted by atomic mass is 32.2. The molecule has 0 saturated carbocycles. The van der Waals surface area contributed by atoms with E-state index >= 15 is 0 Å². The number of halogens is 2. The van der Waals surface area contributed by atoms with Crippen molar-refractivity contribution in [3.8, 4) is 0 Å². The Labute approximate surface area is 123 Å². The van der Waals surface area contributed by atoms with Gasteiger partial charge < -0.3 is 0 Å². The molecule has 0 fully saturated rings. The Kier molecular flexibility index (Phi) is 3.68. The molecule has 106 valence electrons. The number of hydrazine groups is 1. The number of hydrogen-bond donors (Lipinski definition) is 2. The predicted molar refractivity (Wildman–Crippen MR) is 77.8 cm³/mol. The number of nitrogens with one attached hydrogen (secondary N) is 1. The normalized spacial score (nSPS) is 10.8. The fourth-order valence-electron chi connectivity index (χ4n) is 1.85. The van der Waals surface area contributed by atoms with Crippen molar-refractivity contribution in [3.63, 3.8) is 0 Å². The van der Waals surface area contributed by atoms with E-state index in [0.29, 0.717) is 10.5 Å². The number of benzene rings is 2. The Bertz CT molecular complexity index is 810. The van der Waals surface area contributed by atoms with Crippen LogP contribution in [0.3, 0.4) is 0 Å². The molecule has 0 aliphatic rings. The second kappa shape index (κ2) is 5.63. The third-order valence-electron chi connectivity index (χ3n) is 2.80. The fourth-order valence-corrected chi connectivity index (χ4v) is 2.81. The molecule has 0 aliphatic heterocycles. The van der Waals surface area contributed by atoms with Gasteiger partial charge in [0.25, 0.3) is 0 Å². The number of hydrogen-bond acceptors (Lipinski definition) is 5. The summed E-state index contributed by atoms with van der Waals surface area (Å²) >= 11 is 1.03. The Morgan fingerprint density at radius 2 is 1.86 bits per heavy atom. The number of nitrogens with zero attached hydrogens (tertiary/aromatic N) is 2. The van der Waals surface area contributed by atoms with Crippen molar-refractivity contribution in [2.75, 3.05) is 5.43 Å². The number of para-hydroxylation sites is 1. The maximum absolute atomic E-state index is 13.8. The lowest BCUT2D eigenvalue weighted by molar-refractivity contribution is 0.577. The molecule has 0 unspecified atom stereocenters. The minimum absolute atomic E-state index is 0.154. The molecule has 3 N–H and O–H groups in total. The highest BCUT2D eigenvalue weighted by Crippen LogP contribution is 2.33. The van der Waals surface area contributed by atoms with Crippen molar-refractivity contribution in [2.24, 2.45) is 5.84 Å². The fraction of sp³-hybridized carbons (Fsp3) is 0. The Morgan fingerprint density at radius 3 is 2.67 bits per heavy atom. The molecule has 3 rings (SSSR count). The lowest BCUT2D eigenvalue weighted by Crippen LogP contribution is -2.10. The molecule has 21 heavy (non-hydrogen) atoms. The van der Waals surface area contributed by atoms with Crippen LogP contribution in [0, 0.1) is 11.6 Å². The molecular weight excluding hydrogens is 294 g/mol. The molecule has 7 heteroatoms. The minimum atomic E-state index is -0.508. The molecule has 1 aromatic heterocycles. The third-order valence-corrected chi connectivity index (χ3v) is 3.83. The van der Waals surface area contributed by atoms with E-state index in [2.05, 4.69) is 15.4 Å². The quantitative estimate of drug-likeness (QED) is 0.441. The molecule has 0 bridgehead atoms. The van der Waals surface area contributed by atoms with Gasteiger partial charge in [-0.05, 0) is 24.3 Å². The number of aromatic nitrogens is 2. The van der Waals surface area contributed by atoms with E-state index in [9.17, 15) is 8.78 Å². The van der Waals surface area contributed by atoms with Gasteiger partial charge in [-0.2, -0.15) is 0 Å². The number of rotatable bonds is 3. The van der Waals surface area contributed by atoms with Gasteiger partial charge in [-0.1, -0.05) is 30.0 Å². The second-order valence-electron chi connectivity index (χ2n) is 4.19. The van der Waals surface area contributed by atoms with Crippen LogP contribution in [0.1, 0.15) is 0 Å². The minimum Gasteiger partial charge on any atom is -0.292 e. The van der Waals surface area contributed by atoms with E-state index in [-0.39, 0.29) is 10.8 Å². The molecule has 0 aliphatic carbocycles. The van der Waals surface area contributed by atoms with E-state index in [1.807, 2.05) is 18.2 Å². The highest BCUT2D eigenvalue weighted by Gasteiger charge is 2.12. The summed E-state index contributed by atoms with van der Waals surface area (Å²) in [6, 6.07) is 10.6. The van der Waals surface area contributed by atoms with Crippen molar-refractivity contribution < 1.29 is 8.78 Å². The van der Waals surface area contributed by atoms with Crippen molar-refractivity contribution >= 4 is 28.6 Å². The first-order valence-electron chi connectivity index (χ1n) is 6.03. The molecule has 0 saturated heterocycles. The van der Waals surface area contributed by atoms with Gasteiger partial charge in [-0.25, -0.2) is 24.6 Å². The van der Waals surface area contributed by atoms with Crippen LogP contribution in [0.25, 0.3) is 10.9 Å². The zero-order chi connectivity index (χ0) is 14.8. The van der Waals surface area contributed by atoms with Gasteiger partial charge >= 0.3 is 0 Å². The first-order valence-corrected chi connectivity index (χ1v) is 6.85. The Balaban J connectivity index is 2.13. The summed E-state index contributed by atoms with van der Waals surface area (Å²) in [6.07, 6.45) is 0. The number of nitrogen functional groups attached to an aromatic ring is 1. The Morgan fingerprint density at radius 1 is 1.05 bits per heavy atom. The zero-order valence-corrected chi connectivity index (χ0v) is 11.5. The molecule has 2 aromatic carbocycles. The summed E-state index contributed by atoms with van der Waals surface area (Å²) in [7, 11) is 0. The summed E-state index contributed by atoms with van der Waals surface area (Å²) in [5.41, 5.74) is 3.03. The van der Waals surface area contributed by atoms with Crippen LogP contribution in [0.5, 0.6) is 0 Å². The van der Waals surface area contributed by atoms with Crippen LogP contribution in [0.2, 0.25) is 0 Å². The van der Waals surface area contributed by atoms with Gasteiger partial charge in [0, 0.05) is 5.39 Å². The summed E-state index contributed by atoms with van der Waals surface area (Å²) in [6.45, 7) is 0. The molecule has 4 nitrogen and oxygen atoms in total. The van der Waals surface area contributed by atoms with Crippen LogP contribution in [-0.4, -0.2) is 9.97 Å². The molecule has 0 amide bonds. The van der Waals surface area contributed by atoms with Gasteiger partial charge in [0.2, 0.25) is 5.95 Å². The van der Waals surface area contributed by atoms with Gasteiger partial charge in [-0.15, -0.1) is 0 Å². The molecular formula is C14H10F2N4S. The maximum atomic E-state index is 13.8. The largest absolute Gasteiger partial charge is 0.292 e. The van der Waals surface area contributed by atoms with Crippen LogP contribution in [-0.2, 0) is 0 Å². The van der Waals surface area contributed by atoms with Gasteiger partial charge in [0.1, 0.15) is 16.7 Å². The van der Waals surface area contributed by atoms with E-state index in [1.54, 1.807) is 6.07 Å². The van der Waals surface area contributed by atoms with Gasteiger partial charge in [0.05, 0.1) is 10.4 Å². The lowest BCUT2D eigenvalue weighted by Gasteiger charge is -2.08. The molecule has 0 spiro atoms.